The topological polar surface area (TPSA) is 39.2 Å². The van der Waals surface area contributed by atoms with Gasteiger partial charge in [0.15, 0.2) is 0 Å². The number of hydrogen-bond donors (Lipinski definition) is 0. The molecule has 7 heteroatoms. The van der Waals surface area contributed by atoms with Crippen molar-refractivity contribution in [2.45, 2.75) is 13.1 Å². The van der Waals surface area contributed by atoms with Gasteiger partial charge in [0, 0.05) is 11.6 Å². The number of alkyl halides is 3. The van der Waals surface area contributed by atoms with Gasteiger partial charge in [-0.15, -0.1) is 0 Å². The molecule has 0 unspecified atom stereocenters. The number of carbonyl (C=O) groups is 1. The lowest BCUT2D eigenvalue weighted by molar-refractivity contribution is -0.137. The zero-order chi connectivity index (χ0) is 14.9. The molecule has 0 radical (unpaired) electrons. The van der Waals surface area contributed by atoms with Gasteiger partial charge in [-0.1, -0.05) is 11.6 Å². The second-order valence-corrected chi connectivity index (χ2v) is 4.40. The smallest absolute Gasteiger partial charge is 0.416 e. The normalized spacial score (nSPS) is 11.7. The van der Waals surface area contributed by atoms with E-state index in [0.29, 0.717) is 0 Å². The van der Waals surface area contributed by atoms with E-state index in [4.69, 9.17) is 16.3 Å². The second kappa shape index (κ2) is 5.28. The Morgan fingerprint density at radius 3 is 2.65 bits per heavy atom. The first-order valence-corrected chi connectivity index (χ1v) is 6.04. The molecule has 0 spiro atoms. The van der Waals surface area contributed by atoms with Crippen LogP contribution in [0, 0.1) is 0 Å². The Morgan fingerprint density at radius 2 is 2.05 bits per heavy atom. The molecule has 1 heterocycles. The maximum atomic E-state index is 12.8. The minimum atomic E-state index is -4.57. The van der Waals surface area contributed by atoms with Crippen molar-refractivity contribution in [1.29, 1.82) is 0 Å². The minimum Gasteiger partial charge on any atom is -0.462 e. The van der Waals surface area contributed by atoms with Gasteiger partial charge in [-0.3, -0.25) is 4.98 Å². The van der Waals surface area contributed by atoms with E-state index in [9.17, 15) is 18.0 Å². The van der Waals surface area contributed by atoms with Crippen molar-refractivity contribution in [3.05, 3.63) is 40.5 Å². The Morgan fingerprint density at radius 1 is 1.35 bits per heavy atom. The molecule has 0 amide bonds. The summed E-state index contributed by atoms with van der Waals surface area (Å²) in [6, 6.07) is 3.00. The first-order chi connectivity index (χ1) is 9.32. The first-order valence-electron chi connectivity index (χ1n) is 5.66. The van der Waals surface area contributed by atoms with E-state index in [0.717, 1.165) is 12.1 Å². The van der Waals surface area contributed by atoms with Crippen LogP contribution in [-0.4, -0.2) is 17.6 Å². The van der Waals surface area contributed by atoms with Crippen LogP contribution in [0.3, 0.4) is 0 Å². The number of aromatic nitrogens is 1. The molecule has 0 N–H and O–H groups in total. The van der Waals surface area contributed by atoms with E-state index in [-0.39, 0.29) is 28.1 Å². The Hall–Kier alpha value is -1.82. The van der Waals surface area contributed by atoms with Crippen LogP contribution in [-0.2, 0) is 10.9 Å². The number of hydrogen-bond acceptors (Lipinski definition) is 3. The summed E-state index contributed by atoms with van der Waals surface area (Å²) in [7, 11) is 0. The molecule has 0 atom stereocenters. The summed E-state index contributed by atoms with van der Waals surface area (Å²) < 4.78 is 43.2. The number of esters is 1. The molecule has 3 nitrogen and oxygen atoms in total. The molecule has 2 aromatic rings. The van der Waals surface area contributed by atoms with Crippen molar-refractivity contribution in [2.75, 3.05) is 6.61 Å². The highest BCUT2D eigenvalue weighted by Crippen LogP contribution is 2.33. The fourth-order valence-corrected chi connectivity index (χ4v) is 1.90. The second-order valence-electron chi connectivity index (χ2n) is 3.96. The molecule has 2 rings (SSSR count). The number of pyridine rings is 1. The van der Waals surface area contributed by atoms with Gasteiger partial charge in [-0.05, 0) is 25.1 Å². The molecule has 0 fully saturated rings. The van der Waals surface area contributed by atoms with Gasteiger partial charge in [0.05, 0.1) is 28.3 Å². The van der Waals surface area contributed by atoms with Crippen LogP contribution in [0.5, 0.6) is 0 Å². The van der Waals surface area contributed by atoms with Crippen LogP contribution in [0.2, 0.25) is 5.02 Å². The highest BCUT2D eigenvalue weighted by Gasteiger charge is 2.32. The maximum absolute atomic E-state index is 12.8. The van der Waals surface area contributed by atoms with Crippen LogP contribution >= 0.6 is 11.6 Å². The largest absolute Gasteiger partial charge is 0.462 e. The Labute approximate surface area is 117 Å². The number of halogens is 4. The van der Waals surface area contributed by atoms with Gasteiger partial charge in [0.25, 0.3) is 0 Å². The van der Waals surface area contributed by atoms with Crippen LogP contribution in [0.4, 0.5) is 13.2 Å². The van der Waals surface area contributed by atoms with E-state index < -0.39 is 17.7 Å². The summed E-state index contributed by atoms with van der Waals surface area (Å²) in [5.41, 5.74) is -1.12. The molecular weight excluding hydrogens is 295 g/mol. The quantitative estimate of drug-likeness (QED) is 0.785. The number of benzene rings is 1. The van der Waals surface area contributed by atoms with Gasteiger partial charge in [0.2, 0.25) is 0 Å². The zero-order valence-electron chi connectivity index (χ0n) is 10.3. The highest BCUT2D eigenvalue weighted by atomic mass is 35.5. The van der Waals surface area contributed by atoms with Crippen molar-refractivity contribution >= 4 is 28.5 Å². The molecule has 20 heavy (non-hydrogen) atoms. The fraction of sp³-hybridized carbons (Fsp3) is 0.231. The standard InChI is InChI=1S/C13H9ClF3NO2/c1-2-20-12(19)10-3-7(13(15,16)17)4-11-9(10)5-8(14)6-18-11/h3-6H,2H2,1H3. The molecule has 0 aliphatic rings. The minimum absolute atomic E-state index is 0.0345. The molecule has 106 valence electrons. The van der Waals surface area contributed by atoms with Crippen LogP contribution in [0.25, 0.3) is 10.9 Å². The highest BCUT2D eigenvalue weighted by molar-refractivity contribution is 6.31. The van der Waals surface area contributed by atoms with Crippen molar-refractivity contribution in [2.24, 2.45) is 0 Å². The van der Waals surface area contributed by atoms with E-state index in [2.05, 4.69) is 4.98 Å². The lowest BCUT2D eigenvalue weighted by Crippen LogP contribution is -2.11. The van der Waals surface area contributed by atoms with E-state index >= 15 is 0 Å². The summed E-state index contributed by atoms with van der Waals surface area (Å²) in [5, 5.41) is 0.451. The fourth-order valence-electron chi connectivity index (χ4n) is 1.74. The van der Waals surface area contributed by atoms with Crippen molar-refractivity contribution in [3.8, 4) is 0 Å². The van der Waals surface area contributed by atoms with Gasteiger partial charge in [-0.25, -0.2) is 4.79 Å². The van der Waals surface area contributed by atoms with Gasteiger partial charge in [-0.2, -0.15) is 13.2 Å². The molecule has 0 saturated carbocycles. The van der Waals surface area contributed by atoms with Crippen LogP contribution in [0.1, 0.15) is 22.8 Å². The number of ether oxygens (including phenoxy) is 1. The Kier molecular flexibility index (Phi) is 3.85. The van der Waals surface area contributed by atoms with Crippen LogP contribution < -0.4 is 0 Å². The van der Waals surface area contributed by atoms with Crippen molar-refractivity contribution in [3.63, 3.8) is 0 Å². The SMILES string of the molecule is CCOC(=O)c1cc(C(F)(F)F)cc2ncc(Cl)cc12. The number of fused-ring (bicyclic) bond motifs is 1. The Balaban J connectivity index is 2.73. The lowest BCUT2D eigenvalue weighted by atomic mass is 10.0. The van der Waals surface area contributed by atoms with Crippen molar-refractivity contribution in [1.82, 2.24) is 4.98 Å². The first kappa shape index (κ1) is 14.6. The summed E-state index contributed by atoms with van der Waals surface area (Å²) >= 11 is 5.77. The molecule has 1 aromatic heterocycles. The summed E-state index contributed by atoms with van der Waals surface area (Å²) in [6.45, 7) is 1.63. The predicted molar refractivity (Wildman–Crippen MR) is 67.7 cm³/mol. The number of rotatable bonds is 2. The average molecular weight is 304 g/mol. The zero-order valence-corrected chi connectivity index (χ0v) is 11.0. The predicted octanol–water partition coefficient (Wildman–Crippen LogP) is 4.08. The molecule has 0 bridgehead atoms. The molecule has 1 aromatic carbocycles. The van der Waals surface area contributed by atoms with E-state index in [1.54, 1.807) is 6.92 Å². The van der Waals surface area contributed by atoms with Gasteiger partial charge >= 0.3 is 12.1 Å². The summed E-state index contributed by atoms with van der Waals surface area (Å²) in [6.07, 6.45) is -3.35. The number of carbonyl (C=O) groups excluding carboxylic acids is 1. The molecule has 0 saturated heterocycles. The van der Waals surface area contributed by atoms with Gasteiger partial charge < -0.3 is 4.74 Å². The summed E-state index contributed by atoms with van der Waals surface area (Å²) in [5.74, 6) is -0.840. The van der Waals surface area contributed by atoms with E-state index in [1.807, 2.05) is 0 Å². The maximum Gasteiger partial charge on any atom is 0.416 e. The Bertz CT molecular complexity index is 670. The monoisotopic (exact) mass is 303 g/mol. The number of nitrogens with zero attached hydrogens (tertiary/aromatic N) is 1. The molecular formula is C13H9ClF3NO2. The van der Waals surface area contributed by atoms with Crippen LogP contribution in [0.15, 0.2) is 24.4 Å². The van der Waals surface area contributed by atoms with Gasteiger partial charge in [0.1, 0.15) is 0 Å². The molecule has 0 aliphatic carbocycles. The third kappa shape index (κ3) is 2.85. The lowest BCUT2D eigenvalue weighted by Gasteiger charge is -2.11. The third-order valence-corrected chi connectivity index (χ3v) is 2.80. The van der Waals surface area contributed by atoms with E-state index in [1.165, 1.54) is 12.3 Å². The average Bonchev–Trinajstić information content (AvgIpc) is 2.36. The third-order valence-electron chi connectivity index (χ3n) is 2.59. The molecule has 0 aliphatic heterocycles. The summed E-state index contributed by atoms with van der Waals surface area (Å²) in [4.78, 5) is 15.6. The van der Waals surface area contributed by atoms with Crippen molar-refractivity contribution < 1.29 is 22.7 Å².